The van der Waals surface area contributed by atoms with Crippen molar-refractivity contribution in [3.05, 3.63) is 81.6 Å². The van der Waals surface area contributed by atoms with Crippen LogP contribution in [0.2, 0.25) is 0 Å². The summed E-state index contributed by atoms with van der Waals surface area (Å²) < 4.78 is 38.9. The van der Waals surface area contributed by atoms with Gasteiger partial charge in [0.25, 0.3) is 0 Å². The van der Waals surface area contributed by atoms with Crippen LogP contribution in [0.3, 0.4) is 0 Å². The normalized spacial score (nSPS) is 25.8. The van der Waals surface area contributed by atoms with Crippen LogP contribution < -0.4 is 15.7 Å². The van der Waals surface area contributed by atoms with E-state index < -0.39 is 28.2 Å². The molecule has 1 fully saturated rings. The quantitative estimate of drug-likeness (QED) is 0.457. The number of aromatic nitrogens is 3. The van der Waals surface area contributed by atoms with E-state index in [0.29, 0.717) is 28.8 Å². The van der Waals surface area contributed by atoms with E-state index in [2.05, 4.69) is 4.98 Å². The molecule has 3 aromatic heterocycles. The zero-order valence-electron chi connectivity index (χ0n) is 16.7. The highest BCUT2D eigenvalue weighted by molar-refractivity contribution is 5.89. The Kier molecular flexibility index (Phi) is 3.04. The number of nitrogens with zero attached hydrogens (tertiary/aromatic N) is 3. The molecular formula is C23H18F2N3O2+. The number of fused-ring (bicyclic) bond motifs is 7. The van der Waals surface area contributed by atoms with Crippen molar-refractivity contribution >= 4 is 11.2 Å². The predicted octanol–water partition coefficient (Wildman–Crippen LogP) is 2.79. The Morgan fingerprint density at radius 3 is 2.83 bits per heavy atom. The summed E-state index contributed by atoms with van der Waals surface area (Å²) in [6, 6.07) is 6.22. The molecule has 4 aromatic rings. The molecule has 2 aliphatic rings. The van der Waals surface area contributed by atoms with Crippen LogP contribution in [-0.4, -0.2) is 9.38 Å². The predicted molar refractivity (Wildman–Crippen MR) is 105 cm³/mol. The Morgan fingerprint density at radius 1 is 1.27 bits per heavy atom. The number of hydrogen-bond acceptors (Lipinski definition) is 3. The first-order valence-corrected chi connectivity index (χ1v) is 9.88. The molecule has 4 heterocycles. The van der Waals surface area contributed by atoms with Gasteiger partial charge in [-0.05, 0) is 30.5 Å². The summed E-state index contributed by atoms with van der Waals surface area (Å²) >= 11 is 0. The van der Waals surface area contributed by atoms with Crippen LogP contribution in [-0.2, 0) is 11.0 Å². The lowest BCUT2D eigenvalue weighted by Crippen LogP contribution is -2.53. The van der Waals surface area contributed by atoms with Crippen LogP contribution in [0.5, 0.6) is 0 Å². The molecule has 6 rings (SSSR count). The molecule has 1 saturated carbocycles. The maximum absolute atomic E-state index is 15.2. The Morgan fingerprint density at radius 2 is 2.07 bits per heavy atom. The smallest absolute Gasteiger partial charge is 0.381 e. The number of imidazole rings is 1. The number of aryl methyl sites for hydroxylation is 1. The number of hydrogen-bond donors (Lipinski definition) is 0. The van der Waals surface area contributed by atoms with E-state index in [9.17, 15) is 9.18 Å². The first-order valence-electron chi connectivity index (χ1n) is 9.88. The maximum Gasteiger partial charge on any atom is 0.381 e. The first kappa shape index (κ1) is 17.5. The number of oxazole rings is 1. The summed E-state index contributed by atoms with van der Waals surface area (Å²) in [5.41, 5.74) is 2.17. The average molecular weight is 406 g/mol. The van der Waals surface area contributed by atoms with E-state index in [1.807, 2.05) is 43.7 Å². The van der Waals surface area contributed by atoms with Crippen molar-refractivity contribution in [1.29, 1.82) is 0 Å². The number of benzene rings is 1. The molecule has 5 nitrogen and oxygen atoms in total. The highest BCUT2D eigenvalue weighted by atomic mass is 19.1. The Labute approximate surface area is 169 Å². The highest BCUT2D eigenvalue weighted by Gasteiger charge is 2.82. The zero-order valence-corrected chi connectivity index (χ0v) is 16.7. The molecule has 0 spiro atoms. The fraction of sp³-hybridized carbons (Fsp3) is 0.261. The van der Waals surface area contributed by atoms with Crippen molar-refractivity contribution in [1.82, 2.24) is 9.38 Å². The summed E-state index contributed by atoms with van der Waals surface area (Å²) in [7, 11) is 0. The SMILES string of the molecule is CCC12C(=c3oc(=O)c4nccn34)C1(C)[n+]1ccc(C)cc1-c1c(F)cc(F)cc12. The number of rotatable bonds is 1. The number of halogens is 2. The summed E-state index contributed by atoms with van der Waals surface area (Å²) in [6.45, 7) is 5.96. The maximum atomic E-state index is 15.2. The van der Waals surface area contributed by atoms with Crippen LogP contribution in [0, 0.1) is 18.6 Å². The standard InChI is InChI=1S/C23H18F2N3O2/c1-4-23-14-10-13(24)11-15(25)17(14)16-9-12(2)5-7-28(16)22(23,3)18(23)20-27-8-6-26-19(27)21(29)30-20/h5-11H,4H2,1-3H3/q+1. The van der Waals surface area contributed by atoms with Crippen LogP contribution in [0.25, 0.3) is 22.5 Å². The summed E-state index contributed by atoms with van der Waals surface area (Å²) in [4.78, 5) is 16.4. The third-order valence-electron chi connectivity index (χ3n) is 7.02. The Balaban J connectivity index is 1.86. The Hall–Kier alpha value is -3.35. The van der Waals surface area contributed by atoms with Crippen molar-refractivity contribution in [2.24, 2.45) is 0 Å². The van der Waals surface area contributed by atoms with Crippen molar-refractivity contribution in [3.63, 3.8) is 0 Å². The van der Waals surface area contributed by atoms with Gasteiger partial charge in [0.05, 0.1) is 16.6 Å². The molecule has 0 amide bonds. The highest BCUT2D eigenvalue weighted by Crippen LogP contribution is 2.71. The van der Waals surface area contributed by atoms with Crippen molar-refractivity contribution in [2.75, 3.05) is 0 Å². The molecule has 150 valence electrons. The molecule has 0 bridgehead atoms. The van der Waals surface area contributed by atoms with Gasteiger partial charge >= 0.3 is 5.63 Å². The molecule has 7 heteroatoms. The van der Waals surface area contributed by atoms with Gasteiger partial charge in [-0.15, -0.1) is 0 Å². The summed E-state index contributed by atoms with van der Waals surface area (Å²) in [5.74, 6) is -1.22. The van der Waals surface area contributed by atoms with Gasteiger partial charge in [0.2, 0.25) is 22.4 Å². The van der Waals surface area contributed by atoms with Crippen molar-refractivity contribution < 1.29 is 17.8 Å². The van der Waals surface area contributed by atoms with Gasteiger partial charge in [-0.3, -0.25) is 4.40 Å². The molecule has 2 atom stereocenters. The fourth-order valence-corrected chi connectivity index (χ4v) is 5.74. The molecule has 1 aliphatic heterocycles. The van der Waals surface area contributed by atoms with E-state index in [-0.39, 0.29) is 5.65 Å². The lowest BCUT2D eigenvalue weighted by Gasteiger charge is -2.26. The van der Waals surface area contributed by atoms with E-state index in [1.54, 1.807) is 16.8 Å². The number of pyridine rings is 1. The second kappa shape index (κ2) is 5.22. The largest absolute Gasteiger partial charge is 0.403 e. The van der Waals surface area contributed by atoms with Crippen LogP contribution in [0.4, 0.5) is 8.78 Å². The molecule has 0 saturated heterocycles. The molecule has 30 heavy (non-hydrogen) atoms. The van der Waals surface area contributed by atoms with Gasteiger partial charge < -0.3 is 4.42 Å². The molecule has 0 radical (unpaired) electrons. The van der Waals surface area contributed by atoms with Gasteiger partial charge in [-0.2, -0.15) is 4.57 Å². The monoisotopic (exact) mass is 406 g/mol. The van der Waals surface area contributed by atoms with Gasteiger partial charge in [0, 0.05) is 37.5 Å². The van der Waals surface area contributed by atoms with Crippen LogP contribution >= 0.6 is 0 Å². The first-order chi connectivity index (χ1) is 14.3. The fourth-order valence-electron chi connectivity index (χ4n) is 5.74. The van der Waals surface area contributed by atoms with E-state index in [0.717, 1.165) is 17.2 Å². The second-order valence-corrected chi connectivity index (χ2v) is 8.29. The van der Waals surface area contributed by atoms with E-state index in [1.165, 1.54) is 6.07 Å². The molecule has 1 aromatic carbocycles. The minimum Gasteiger partial charge on any atom is -0.403 e. The minimum atomic E-state index is -0.709. The second-order valence-electron chi connectivity index (χ2n) is 8.29. The molecule has 0 N–H and O–H groups in total. The van der Waals surface area contributed by atoms with Gasteiger partial charge in [-0.1, -0.05) is 6.92 Å². The van der Waals surface area contributed by atoms with Crippen LogP contribution in [0.15, 0.2) is 52.1 Å². The van der Waals surface area contributed by atoms with Crippen molar-refractivity contribution in [3.8, 4) is 11.3 Å². The Bertz CT molecular complexity index is 1520. The summed E-state index contributed by atoms with van der Waals surface area (Å²) in [6.07, 6.45) is 5.73. The summed E-state index contributed by atoms with van der Waals surface area (Å²) in [5, 5.41) is 0. The van der Waals surface area contributed by atoms with Gasteiger partial charge in [-0.25, -0.2) is 18.6 Å². The van der Waals surface area contributed by atoms with Gasteiger partial charge in [0.15, 0.2) is 6.20 Å². The van der Waals surface area contributed by atoms with Gasteiger partial charge in [0.1, 0.15) is 11.6 Å². The third-order valence-corrected chi connectivity index (χ3v) is 7.02. The van der Waals surface area contributed by atoms with Crippen molar-refractivity contribution in [2.45, 2.75) is 38.1 Å². The lowest BCUT2D eigenvalue weighted by molar-refractivity contribution is -0.725. The molecule has 2 unspecified atom stereocenters. The average Bonchev–Trinajstić information content (AvgIpc) is 2.99. The molecular weight excluding hydrogens is 388 g/mol. The van der Waals surface area contributed by atoms with Crippen LogP contribution in [0.1, 0.15) is 31.4 Å². The lowest BCUT2D eigenvalue weighted by atomic mass is 9.80. The third kappa shape index (κ3) is 1.72. The molecule has 1 aliphatic carbocycles. The van der Waals surface area contributed by atoms with E-state index >= 15 is 4.39 Å². The van der Waals surface area contributed by atoms with E-state index in [4.69, 9.17) is 4.42 Å². The minimum absolute atomic E-state index is 0.204. The zero-order chi connectivity index (χ0) is 21.0. The topological polar surface area (TPSA) is 51.4 Å².